The van der Waals surface area contributed by atoms with E-state index in [1.807, 2.05) is 0 Å². The van der Waals surface area contributed by atoms with Gasteiger partial charge in [0.15, 0.2) is 0 Å². The van der Waals surface area contributed by atoms with E-state index in [1.54, 1.807) is 0 Å². The van der Waals surface area contributed by atoms with Crippen LogP contribution in [0.1, 0.15) is 58.3 Å². The third-order valence-electron chi connectivity index (χ3n) is 5.03. The van der Waals surface area contributed by atoms with Crippen LogP contribution in [0.15, 0.2) is 0 Å². The van der Waals surface area contributed by atoms with E-state index < -0.39 is 0 Å². The Balaban J connectivity index is 1.67. The molecule has 2 bridgehead atoms. The summed E-state index contributed by atoms with van der Waals surface area (Å²) in [5.41, 5.74) is 0. The number of thioether (sulfide) groups is 1. The fourth-order valence-corrected chi connectivity index (χ4v) is 5.51. The molecule has 0 spiro atoms. The molecule has 0 N–H and O–H groups in total. The minimum Gasteiger partial charge on any atom is -0.300 e. The van der Waals surface area contributed by atoms with E-state index in [0.717, 1.165) is 24.1 Å². The van der Waals surface area contributed by atoms with Crippen molar-refractivity contribution in [2.45, 2.75) is 81.7 Å². The Morgan fingerprint density at radius 3 is 2.50 bits per heavy atom. The van der Waals surface area contributed by atoms with Crippen molar-refractivity contribution in [2.75, 3.05) is 5.75 Å². The average Bonchev–Trinajstić information content (AvgIpc) is 2.76. The molecule has 0 amide bonds. The Morgan fingerprint density at radius 2 is 1.83 bits per heavy atom. The van der Waals surface area contributed by atoms with Gasteiger partial charge in [-0.25, -0.2) is 0 Å². The van der Waals surface area contributed by atoms with Crippen molar-refractivity contribution >= 4 is 17.5 Å². The zero-order valence-corrected chi connectivity index (χ0v) is 12.3. The number of carbonyl (C=O) groups is 1. The van der Waals surface area contributed by atoms with Crippen LogP contribution in [0, 0.1) is 0 Å². The Labute approximate surface area is 115 Å². The number of hydrogen-bond acceptors (Lipinski definition) is 3. The van der Waals surface area contributed by atoms with E-state index in [1.165, 1.54) is 44.3 Å². The second kappa shape index (κ2) is 5.54. The number of piperidine rings is 2. The molecule has 4 unspecified atom stereocenters. The molecule has 102 valence electrons. The maximum absolute atomic E-state index is 11.8. The van der Waals surface area contributed by atoms with Gasteiger partial charge in [0.1, 0.15) is 5.78 Å². The van der Waals surface area contributed by atoms with E-state index in [2.05, 4.69) is 23.6 Å². The van der Waals surface area contributed by atoms with Crippen LogP contribution in [0.25, 0.3) is 0 Å². The number of ketones is 1. The Kier molecular flexibility index (Phi) is 4.00. The van der Waals surface area contributed by atoms with Crippen LogP contribution in [0.2, 0.25) is 0 Å². The first-order chi connectivity index (χ1) is 8.78. The van der Waals surface area contributed by atoms with Gasteiger partial charge in [-0.15, -0.1) is 0 Å². The van der Waals surface area contributed by atoms with Gasteiger partial charge in [0.05, 0.1) is 0 Å². The van der Waals surface area contributed by atoms with E-state index in [9.17, 15) is 4.79 Å². The lowest BCUT2D eigenvalue weighted by atomic mass is 9.82. The lowest BCUT2D eigenvalue weighted by Crippen LogP contribution is -2.56. The predicted octanol–water partition coefficient (Wildman–Crippen LogP) is 3.25. The number of carbonyl (C=O) groups excluding carboxylic acids is 1. The zero-order chi connectivity index (χ0) is 12.5. The molecule has 4 atom stereocenters. The molecule has 2 aliphatic heterocycles. The summed E-state index contributed by atoms with van der Waals surface area (Å²) in [5.74, 6) is 1.78. The van der Waals surface area contributed by atoms with Gasteiger partial charge in [-0.3, -0.25) is 9.69 Å². The van der Waals surface area contributed by atoms with Crippen LogP contribution >= 0.6 is 11.8 Å². The average molecular weight is 267 g/mol. The van der Waals surface area contributed by atoms with Gasteiger partial charge in [-0.05, 0) is 37.9 Å². The van der Waals surface area contributed by atoms with Crippen LogP contribution in [-0.4, -0.2) is 39.8 Å². The van der Waals surface area contributed by atoms with Crippen molar-refractivity contribution in [1.82, 2.24) is 4.90 Å². The maximum Gasteiger partial charge on any atom is 0.136 e. The lowest BCUT2D eigenvalue weighted by Gasteiger charge is -2.48. The van der Waals surface area contributed by atoms with Crippen LogP contribution in [0.5, 0.6) is 0 Å². The van der Waals surface area contributed by atoms with E-state index >= 15 is 0 Å². The van der Waals surface area contributed by atoms with Gasteiger partial charge in [0, 0.05) is 36.2 Å². The third kappa shape index (κ3) is 2.49. The molecule has 2 nitrogen and oxygen atoms in total. The summed E-state index contributed by atoms with van der Waals surface area (Å²) in [5, 5.41) is 0.887. The normalized spacial score (nSPS) is 41.3. The number of hydrogen-bond donors (Lipinski definition) is 0. The third-order valence-corrected chi connectivity index (χ3v) is 6.26. The number of fused-ring (bicyclic) bond motifs is 2. The topological polar surface area (TPSA) is 20.3 Å². The fourth-order valence-electron chi connectivity index (χ4n) is 4.38. The highest BCUT2D eigenvalue weighted by atomic mass is 32.2. The molecule has 1 saturated carbocycles. The molecule has 0 radical (unpaired) electrons. The van der Waals surface area contributed by atoms with Gasteiger partial charge >= 0.3 is 0 Å². The Bertz CT molecular complexity index is 304. The minimum atomic E-state index is 0.526. The zero-order valence-electron chi connectivity index (χ0n) is 11.4. The minimum absolute atomic E-state index is 0.526. The molecule has 2 saturated heterocycles. The molecular formula is C15H25NOS. The van der Waals surface area contributed by atoms with Crippen molar-refractivity contribution in [2.24, 2.45) is 0 Å². The first-order valence-electron chi connectivity index (χ1n) is 7.68. The molecule has 3 aliphatic rings. The summed E-state index contributed by atoms with van der Waals surface area (Å²) in [6, 6.07) is 1.98. The molecule has 0 aromatic carbocycles. The largest absolute Gasteiger partial charge is 0.300 e. The van der Waals surface area contributed by atoms with E-state index in [-0.39, 0.29) is 0 Å². The molecule has 3 rings (SSSR count). The lowest BCUT2D eigenvalue weighted by molar-refractivity contribution is -0.128. The second-order valence-corrected chi connectivity index (χ2v) is 7.75. The molecule has 1 aliphatic carbocycles. The highest BCUT2D eigenvalue weighted by molar-refractivity contribution is 7.99. The predicted molar refractivity (Wildman–Crippen MR) is 77.1 cm³/mol. The smallest absolute Gasteiger partial charge is 0.136 e. The molecule has 3 heteroatoms. The van der Waals surface area contributed by atoms with Gasteiger partial charge in [0.25, 0.3) is 0 Å². The molecule has 0 aromatic heterocycles. The number of nitrogens with zero attached hydrogens (tertiary/aromatic N) is 1. The van der Waals surface area contributed by atoms with Crippen LogP contribution in [0.3, 0.4) is 0 Å². The monoisotopic (exact) mass is 267 g/mol. The summed E-state index contributed by atoms with van der Waals surface area (Å²) < 4.78 is 0. The molecule has 0 aromatic rings. The molecule has 18 heavy (non-hydrogen) atoms. The molecule has 2 heterocycles. The first kappa shape index (κ1) is 13.0. The molecule has 3 fully saturated rings. The van der Waals surface area contributed by atoms with Crippen molar-refractivity contribution in [3.63, 3.8) is 0 Å². The van der Waals surface area contributed by atoms with Crippen molar-refractivity contribution in [1.29, 1.82) is 0 Å². The highest BCUT2D eigenvalue weighted by Gasteiger charge is 2.43. The fraction of sp³-hybridized carbons (Fsp3) is 0.933. The highest BCUT2D eigenvalue weighted by Crippen LogP contribution is 2.40. The van der Waals surface area contributed by atoms with Crippen LogP contribution in [-0.2, 0) is 4.79 Å². The summed E-state index contributed by atoms with van der Waals surface area (Å²) in [7, 11) is 0. The summed E-state index contributed by atoms with van der Waals surface area (Å²) in [6.07, 6.45) is 9.72. The van der Waals surface area contributed by atoms with Gasteiger partial charge in [0.2, 0.25) is 0 Å². The van der Waals surface area contributed by atoms with E-state index in [4.69, 9.17) is 0 Å². The van der Waals surface area contributed by atoms with E-state index in [0.29, 0.717) is 17.9 Å². The quantitative estimate of drug-likeness (QED) is 0.783. The van der Waals surface area contributed by atoms with Crippen molar-refractivity contribution < 1.29 is 4.79 Å². The SMILES string of the molecule is CCSC1CCC(N2C3CCCC2CC(=O)C3)C1. The standard InChI is InChI=1S/C15H25NOS/c1-2-18-15-7-6-13(10-15)16-11-4-3-5-12(16)9-14(17)8-11/h11-13,15H,2-10H2,1H3. The number of rotatable bonds is 3. The van der Waals surface area contributed by atoms with Gasteiger partial charge in [-0.1, -0.05) is 13.3 Å². The summed E-state index contributed by atoms with van der Waals surface area (Å²) >= 11 is 2.14. The Hall–Kier alpha value is -0.0200. The maximum atomic E-state index is 11.8. The van der Waals surface area contributed by atoms with Crippen molar-refractivity contribution in [3.05, 3.63) is 0 Å². The second-order valence-electron chi connectivity index (χ2n) is 6.18. The summed E-state index contributed by atoms with van der Waals surface area (Å²) in [6.45, 7) is 2.27. The van der Waals surface area contributed by atoms with Gasteiger partial charge < -0.3 is 0 Å². The molecular weight excluding hydrogens is 242 g/mol. The van der Waals surface area contributed by atoms with Crippen LogP contribution in [0.4, 0.5) is 0 Å². The number of Topliss-reactive ketones (excluding diaryl/α,β-unsaturated/α-hetero) is 1. The Morgan fingerprint density at radius 1 is 1.11 bits per heavy atom. The van der Waals surface area contributed by atoms with Gasteiger partial charge in [-0.2, -0.15) is 11.8 Å². The van der Waals surface area contributed by atoms with Crippen LogP contribution < -0.4 is 0 Å². The summed E-state index contributed by atoms with van der Waals surface area (Å²) in [4.78, 5) is 14.6. The van der Waals surface area contributed by atoms with Crippen molar-refractivity contribution in [3.8, 4) is 0 Å². The first-order valence-corrected chi connectivity index (χ1v) is 8.73.